The van der Waals surface area contributed by atoms with E-state index < -0.39 is 5.60 Å². The van der Waals surface area contributed by atoms with Gasteiger partial charge in [0.25, 0.3) is 0 Å². The Morgan fingerprint density at radius 2 is 2.35 bits per heavy atom. The van der Waals surface area contributed by atoms with Crippen LogP contribution in [0.15, 0.2) is 24.3 Å². The minimum atomic E-state index is -0.705. The summed E-state index contributed by atoms with van der Waals surface area (Å²) in [5.41, 5.74) is 0.393. The minimum Gasteiger partial charge on any atom is -0.497 e. The second kappa shape index (κ2) is 5.07. The molecule has 3 nitrogen and oxygen atoms in total. The van der Waals surface area contributed by atoms with E-state index >= 15 is 0 Å². The Balaban J connectivity index is 2.07. The molecule has 0 amide bonds. The summed E-state index contributed by atoms with van der Waals surface area (Å²) in [5.74, 6) is 1.06. The van der Waals surface area contributed by atoms with Crippen molar-refractivity contribution in [3.05, 3.63) is 29.8 Å². The van der Waals surface area contributed by atoms with E-state index in [1.54, 1.807) is 7.11 Å². The Bertz CT molecular complexity index is 367. The second-order valence-electron chi connectivity index (χ2n) is 4.95. The number of methoxy groups -OCH3 is 1. The van der Waals surface area contributed by atoms with Crippen molar-refractivity contribution >= 4 is 0 Å². The molecule has 94 valence electrons. The van der Waals surface area contributed by atoms with Crippen LogP contribution < -0.4 is 4.74 Å². The molecule has 1 saturated heterocycles. The molecule has 0 aromatic heterocycles. The van der Waals surface area contributed by atoms with Gasteiger partial charge in [-0.2, -0.15) is 0 Å². The summed E-state index contributed by atoms with van der Waals surface area (Å²) in [6.45, 7) is 3.32. The van der Waals surface area contributed by atoms with E-state index in [9.17, 15) is 5.11 Å². The molecular weight excluding hydrogens is 216 g/mol. The maximum Gasteiger partial charge on any atom is 0.119 e. The van der Waals surface area contributed by atoms with Gasteiger partial charge in [-0.3, -0.25) is 0 Å². The molecule has 1 aliphatic heterocycles. The third-order valence-electron chi connectivity index (χ3n) is 3.51. The summed E-state index contributed by atoms with van der Waals surface area (Å²) >= 11 is 0. The first-order valence-corrected chi connectivity index (χ1v) is 6.05. The summed E-state index contributed by atoms with van der Waals surface area (Å²) in [6.07, 6.45) is 1.58. The molecule has 1 fully saturated rings. The minimum absolute atomic E-state index is 0.230. The van der Waals surface area contributed by atoms with E-state index in [4.69, 9.17) is 9.47 Å². The molecule has 1 aromatic carbocycles. The molecule has 2 atom stereocenters. The molecule has 3 heteroatoms. The third-order valence-corrected chi connectivity index (χ3v) is 3.51. The van der Waals surface area contributed by atoms with E-state index in [1.165, 1.54) is 0 Å². The largest absolute Gasteiger partial charge is 0.497 e. The standard InChI is InChI=1S/C14H20O3/c1-14(15,12-6-7-17-10-12)9-11-4-3-5-13(8-11)16-2/h3-5,8,12,15H,6-7,9-10H2,1-2H3. The van der Waals surface area contributed by atoms with Crippen molar-refractivity contribution < 1.29 is 14.6 Å². The van der Waals surface area contributed by atoms with Crippen molar-refractivity contribution in [2.75, 3.05) is 20.3 Å². The first-order chi connectivity index (χ1) is 8.12. The Kier molecular flexibility index (Phi) is 3.69. The lowest BCUT2D eigenvalue weighted by Crippen LogP contribution is -2.37. The summed E-state index contributed by atoms with van der Waals surface area (Å²) in [5, 5.41) is 10.5. The van der Waals surface area contributed by atoms with Crippen LogP contribution in [0.25, 0.3) is 0 Å². The summed E-state index contributed by atoms with van der Waals surface area (Å²) < 4.78 is 10.5. The summed E-state index contributed by atoms with van der Waals surface area (Å²) in [4.78, 5) is 0. The predicted octanol–water partition coefficient (Wildman–Crippen LogP) is 2.03. The van der Waals surface area contributed by atoms with Gasteiger partial charge < -0.3 is 14.6 Å². The molecule has 1 aliphatic rings. The maximum absolute atomic E-state index is 10.5. The lowest BCUT2D eigenvalue weighted by molar-refractivity contribution is -0.00456. The van der Waals surface area contributed by atoms with Gasteiger partial charge in [-0.25, -0.2) is 0 Å². The van der Waals surface area contributed by atoms with Crippen molar-refractivity contribution in [3.63, 3.8) is 0 Å². The Morgan fingerprint density at radius 1 is 1.53 bits per heavy atom. The lowest BCUT2D eigenvalue weighted by atomic mass is 9.83. The zero-order valence-electron chi connectivity index (χ0n) is 10.5. The van der Waals surface area contributed by atoms with Crippen LogP contribution in [0.1, 0.15) is 18.9 Å². The number of benzene rings is 1. The average molecular weight is 236 g/mol. The van der Waals surface area contributed by atoms with Crippen LogP contribution in [0.3, 0.4) is 0 Å². The molecule has 0 spiro atoms. The fourth-order valence-corrected chi connectivity index (χ4v) is 2.37. The predicted molar refractivity (Wildman–Crippen MR) is 66.2 cm³/mol. The highest BCUT2D eigenvalue weighted by atomic mass is 16.5. The lowest BCUT2D eigenvalue weighted by Gasteiger charge is -2.29. The number of hydrogen-bond donors (Lipinski definition) is 1. The van der Waals surface area contributed by atoms with E-state index in [0.29, 0.717) is 13.0 Å². The van der Waals surface area contributed by atoms with Gasteiger partial charge in [0.1, 0.15) is 5.75 Å². The van der Waals surface area contributed by atoms with Crippen LogP contribution in [0.5, 0.6) is 5.75 Å². The number of hydrogen-bond acceptors (Lipinski definition) is 3. The van der Waals surface area contributed by atoms with Gasteiger partial charge in [0, 0.05) is 18.9 Å². The molecule has 17 heavy (non-hydrogen) atoms. The Labute approximate surface area is 102 Å². The summed E-state index contributed by atoms with van der Waals surface area (Å²) in [6, 6.07) is 7.86. The fourth-order valence-electron chi connectivity index (χ4n) is 2.37. The molecule has 1 heterocycles. The molecule has 0 saturated carbocycles. The van der Waals surface area contributed by atoms with Crippen LogP contribution in [-0.4, -0.2) is 31.0 Å². The fraction of sp³-hybridized carbons (Fsp3) is 0.571. The van der Waals surface area contributed by atoms with Crippen molar-refractivity contribution in [2.45, 2.75) is 25.4 Å². The van der Waals surface area contributed by atoms with Crippen molar-refractivity contribution in [3.8, 4) is 5.75 Å². The first kappa shape index (κ1) is 12.4. The number of rotatable bonds is 4. The first-order valence-electron chi connectivity index (χ1n) is 6.05. The van der Waals surface area contributed by atoms with E-state index in [0.717, 1.165) is 24.3 Å². The molecule has 0 radical (unpaired) electrons. The van der Waals surface area contributed by atoms with Crippen LogP contribution in [0.2, 0.25) is 0 Å². The molecule has 1 N–H and O–H groups in total. The van der Waals surface area contributed by atoms with Gasteiger partial charge in [-0.05, 0) is 31.0 Å². The average Bonchev–Trinajstić information content (AvgIpc) is 2.83. The highest BCUT2D eigenvalue weighted by Gasteiger charge is 2.34. The van der Waals surface area contributed by atoms with E-state index in [1.807, 2.05) is 31.2 Å². The molecule has 2 rings (SSSR count). The summed E-state index contributed by atoms with van der Waals surface area (Å²) in [7, 11) is 1.65. The van der Waals surface area contributed by atoms with Crippen molar-refractivity contribution in [1.82, 2.24) is 0 Å². The van der Waals surface area contributed by atoms with Crippen molar-refractivity contribution in [2.24, 2.45) is 5.92 Å². The normalized spacial score (nSPS) is 23.4. The van der Waals surface area contributed by atoms with Gasteiger partial charge in [0.15, 0.2) is 0 Å². The van der Waals surface area contributed by atoms with Crippen molar-refractivity contribution in [1.29, 1.82) is 0 Å². The van der Waals surface area contributed by atoms with Crippen LogP contribution in [0, 0.1) is 5.92 Å². The molecule has 1 aromatic rings. The quantitative estimate of drug-likeness (QED) is 0.869. The van der Waals surface area contributed by atoms with Gasteiger partial charge in [-0.1, -0.05) is 12.1 Å². The number of ether oxygens (including phenoxy) is 2. The van der Waals surface area contributed by atoms with Gasteiger partial charge in [0.05, 0.1) is 19.3 Å². The maximum atomic E-state index is 10.5. The number of aliphatic hydroxyl groups is 1. The van der Waals surface area contributed by atoms with Gasteiger partial charge in [0.2, 0.25) is 0 Å². The van der Waals surface area contributed by atoms with Crippen LogP contribution in [0.4, 0.5) is 0 Å². The van der Waals surface area contributed by atoms with Gasteiger partial charge in [-0.15, -0.1) is 0 Å². The smallest absolute Gasteiger partial charge is 0.119 e. The monoisotopic (exact) mass is 236 g/mol. The van der Waals surface area contributed by atoms with E-state index in [2.05, 4.69) is 0 Å². The van der Waals surface area contributed by atoms with Crippen LogP contribution in [-0.2, 0) is 11.2 Å². The molecule has 2 unspecified atom stereocenters. The Morgan fingerprint density at radius 3 is 3.00 bits per heavy atom. The molecule has 0 aliphatic carbocycles. The molecule has 0 bridgehead atoms. The topological polar surface area (TPSA) is 38.7 Å². The zero-order valence-corrected chi connectivity index (χ0v) is 10.5. The third kappa shape index (κ3) is 2.99. The van der Waals surface area contributed by atoms with E-state index in [-0.39, 0.29) is 5.92 Å². The highest BCUT2D eigenvalue weighted by Crippen LogP contribution is 2.29. The van der Waals surface area contributed by atoms with Gasteiger partial charge >= 0.3 is 0 Å². The SMILES string of the molecule is COc1cccc(CC(C)(O)C2CCOC2)c1. The zero-order chi connectivity index (χ0) is 12.3. The molecular formula is C14H20O3. The Hall–Kier alpha value is -1.06. The van der Waals surface area contributed by atoms with Crippen LogP contribution >= 0.6 is 0 Å². The highest BCUT2D eigenvalue weighted by molar-refractivity contribution is 5.29. The second-order valence-corrected chi connectivity index (χ2v) is 4.95.